The monoisotopic (exact) mass is 843 g/mol. The molecule has 1 aliphatic heterocycles. The third kappa shape index (κ3) is 6.35. The van der Waals surface area contributed by atoms with E-state index in [9.17, 15) is 0 Å². The summed E-state index contributed by atoms with van der Waals surface area (Å²) in [6.45, 7) is 0. The maximum Gasteiger partial charge on any atom is 0.238 e. The van der Waals surface area contributed by atoms with Crippen LogP contribution in [-0.2, 0) is 0 Å². The van der Waals surface area contributed by atoms with Gasteiger partial charge in [0.05, 0.1) is 17.3 Å². The zero-order valence-corrected chi connectivity index (χ0v) is 35.9. The molecule has 2 atom stereocenters. The molecule has 0 fully saturated rings. The van der Waals surface area contributed by atoms with Crippen LogP contribution in [0.1, 0.15) is 28.8 Å². The molecule has 2 aliphatic rings. The maximum atomic E-state index is 5.50. The number of rotatable bonds is 7. The normalized spacial score (nSPS) is 14.9. The summed E-state index contributed by atoms with van der Waals surface area (Å²) >= 11 is 0. The van der Waals surface area contributed by atoms with Crippen LogP contribution in [0.3, 0.4) is 0 Å². The Morgan fingerprint density at radius 1 is 0.394 bits per heavy atom. The molecule has 2 aromatic heterocycles. The molecule has 5 heteroatoms. The van der Waals surface area contributed by atoms with Gasteiger partial charge >= 0.3 is 0 Å². The first-order valence-electron chi connectivity index (χ1n) is 22.6. The van der Waals surface area contributed by atoms with Crippen LogP contribution < -0.4 is 4.90 Å². The summed E-state index contributed by atoms with van der Waals surface area (Å²) in [5.41, 5.74) is 15.7. The fourth-order valence-electron chi connectivity index (χ4n) is 10.3. The van der Waals surface area contributed by atoms with Gasteiger partial charge in [0.2, 0.25) is 5.95 Å². The molecule has 0 saturated heterocycles. The summed E-state index contributed by atoms with van der Waals surface area (Å²) < 4.78 is 2.33. The van der Waals surface area contributed by atoms with E-state index in [0.29, 0.717) is 17.6 Å². The summed E-state index contributed by atoms with van der Waals surface area (Å²) in [4.78, 5) is 18.8. The number of benzene rings is 9. The highest BCUT2D eigenvalue weighted by Gasteiger charge is 2.44. The van der Waals surface area contributed by atoms with Crippen LogP contribution in [0.25, 0.3) is 89.9 Å². The first kappa shape index (κ1) is 37.8. The van der Waals surface area contributed by atoms with Crippen LogP contribution >= 0.6 is 0 Å². The van der Waals surface area contributed by atoms with Gasteiger partial charge in [-0.1, -0.05) is 194 Å². The van der Waals surface area contributed by atoms with Crippen molar-refractivity contribution in [1.29, 1.82) is 0 Å². The van der Waals surface area contributed by atoms with Crippen molar-refractivity contribution in [3.05, 3.63) is 247 Å². The van der Waals surface area contributed by atoms with Crippen LogP contribution in [0.5, 0.6) is 0 Å². The number of aromatic nitrogens is 4. The quantitative estimate of drug-likeness (QED) is 0.160. The Labute approximate surface area is 383 Å². The minimum atomic E-state index is -0.0846. The van der Waals surface area contributed by atoms with Crippen molar-refractivity contribution in [2.24, 2.45) is 0 Å². The summed E-state index contributed by atoms with van der Waals surface area (Å²) in [7, 11) is 0. The number of hydrogen-bond donors (Lipinski definition) is 0. The van der Waals surface area contributed by atoms with Gasteiger partial charge in [-0.2, -0.15) is 9.97 Å². The molecule has 66 heavy (non-hydrogen) atoms. The Balaban J connectivity index is 1.02. The molecule has 0 amide bonds. The first-order chi connectivity index (χ1) is 32.7. The summed E-state index contributed by atoms with van der Waals surface area (Å²) in [5, 5.41) is 3.58. The van der Waals surface area contributed by atoms with Gasteiger partial charge in [-0.05, 0) is 92.2 Å². The molecular weight excluding hydrogens is 803 g/mol. The number of anilines is 2. The fourth-order valence-corrected chi connectivity index (χ4v) is 10.3. The predicted molar refractivity (Wildman–Crippen MR) is 271 cm³/mol. The van der Waals surface area contributed by atoms with Crippen molar-refractivity contribution in [2.75, 3.05) is 4.90 Å². The lowest BCUT2D eigenvalue weighted by molar-refractivity contribution is 0.630. The molecule has 2 unspecified atom stereocenters. The summed E-state index contributed by atoms with van der Waals surface area (Å²) in [6.07, 6.45) is 4.73. The van der Waals surface area contributed by atoms with Gasteiger partial charge in [0, 0.05) is 39.4 Å². The maximum absolute atomic E-state index is 5.50. The van der Waals surface area contributed by atoms with Crippen molar-refractivity contribution in [1.82, 2.24) is 19.5 Å². The Bertz CT molecular complexity index is 3670. The smallest absolute Gasteiger partial charge is 0.238 e. The molecule has 310 valence electrons. The molecule has 11 aromatic rings. The lowest BCUT2D eigenvalue weighted by atomic mass is 9.86. The second-order valence-corrected chi connectivity index (χ2v) is 17.2. The highest BCUT2D eigenvalue weighted by molar-refractivity contribution is 5.95. The van der Waals surface area contributed by atoms with E-state index in [-0.39, 0.29) is 12.0 Å². The molecule has 9 aromatic carbocycles. The summed E-state index contributed by atoms with van der Waals surface area (Å²) in [6, 6.07) is 79.9. The minimum absolute atomic E-state index is 0.0846. The number of fused-ring (bicyclic) bond motifs is 8. The highest BCUT2D eigenvalue weighted by Crippen LogP contribution is 2.57. The molecular formula is C61H41N5. The van der Waals surface area contributed by atoms with Gasteiger partial charge in [0.1, 0.15) is 0 Å². The SMILES string of the molecule is C1=CC2c3ccccc3N(c3ccc(-c4ccccc4)cc3)C2c2c1c1ccccc1n2-c1nc(-c2cccc(-c3ccccc3)c2)nc(-c2cccc(-c3ccc4ccccc4c3)c2)n1. The second kappa shape index (κ2) is 15.5. The van der Waals surface area contributed by atoms with E-state index >= 15 is 0 Å². The van der Waals surface area contributed by atoms with Crippen molar-refractivity contribution >= 4 is 39.1 Å². The average Bonchev–Trinajstić information content (AvgIpc) is 3.92. The molecule has 1 aliphatic carbocycles. The van der Waals surface area contributed by atoms with Gasteiger partial charge in [-0.25, -0.2) is 4.98 Å². The number of hydrogen-bond acceptors (Lipinski definition) is 4. The molecule has 0 N–H and O–H groups in total. The molecule has 3 heterocycles. The minimum Gasteiger partial charge on any atom is -0.331 e. The lowest BCUT2D eigenvalue weighted by Crippen LogP contribution is -2.26. The Morgan fingerprint density at radius 2 is 0.939 bits per heavy atom. The van der Waals surface area contributed by atoms with Gasteiger partial charge in [-0.3, -0.25) is 4.57 Å². The van der Waals surface area contributed by atoms with E-state index in [2.05, 4.69) is 246 Å². The molecule has 13 rings (SSSR count). The van der Waals surface area contributed by atoms with Gasteiger partial charge < -0.3 is 4.90 Å². The largest absolute Gasteiger partial charge is 0.331 e. The topological polar surface area (TPSA) is 46.8 Å². The van der Waals surface area contributed by atoms with Gasteiger partial charge in [0.15, 0.2) is 11.6 Å². The summed E-state index contributed by atoms with van der Waals surface area (Å²) in [5.74, 6) is 1.90. The van der Waals surface area contributed by atoms with Crippen LogP contribution in [-0.4, -0.2) is 19.5 Å². The van der Waals surface area contributed by atoms with Crippen molar-refractivity contribution in [3.8, 4) is 62.1 Å². The molecule has 0 spiro atoms. The molecule has 0 saturated carbocycles. The Morgan fingerprint density at radius 3 is 1.68 bits per heavy atom. The highest BCUT2D eigenvalue weighted by atomic mass is 15.3. The number of nitrogens with zero attached hydrogens (tertiary/aromatic N) is 5. The van der Waals surface area contributed by atoms with Crippen molar-refractivity contribution in [2.45, 2.75) is 12.0 Å². The molecule has 5 nitrogen and oxygen atoms in total. The number of para-hydroxylation sites is 2. The van der Waals surface area contributed by atoms with E-state index in [1.165, 1.54) is 38.7 Å². The Kier molecular flexibility index (Phi) is 8.91. The van der Waals surface area contributed by atoms with E-state index < -0.39 is 0 Å². The fraction of sp³-hybridized carbons (Fsp3) is 0.0328. The average molecular weight is 844 g/mol. The molecule has 0 bridgehead atoms. The standard InChI is InChI=1S/C61H41N5/c1-3-15-40(16-4-1)43-31-33-50(34-32-43)65-55-27-11-9-25-51(55)53-35-36-54-52-26-10-12-28-56(52)66(58(54)57(53)65)61-63-59(48-23-13-21-45(38-48)41-17-5-2-6-18-41)62-60(64-61)49-24-14-22-46(39-49)47-30-29-42-19-7-8-20-44(42)37-47/h1-39,53,57H. The van der Waals surface area contributed by atoms with Gasteiger partial charge in [0.25, 0.3) is 0 Å². The van der Waals surface area contributed by atoms with Crippen molar-refractivity contribution < 1.29 is 0 Å². The van der Waals surface area contributed by atoms with Crippen molar-refractivity contribution in [3.63, 3.8) is 0 Å². The van der Waals surface area contributed by atoms with Gasteiger partial charge in [-0.15, -0.1) is 0 Å². The zero-order valence-electron chi connectivity index (χ0n) is 35.9. The first-order valence-corrected chi connectivity index (χ1v) is 22.6. The van der Waals surface area contributed by atoms with Crippen LogP contribution in [0.15, 0.2) is 231 Å². The molecule has 0 radical (unpaired) electrons. The third-order valence-electron chi connectivity index (χ3n) is 13.4. The third-order valence-corrected chi connectivity index (χ3v) is 13.4. The second-order valence-electron chi connectivity index (χ2n) is 17.2. The van der Waals surface area contributed by atoms with E-state index in [1.807, 2.05) is 0 Å². The van der Waals surface area contributed by atoms with E-state index in [1.54, 1.807) is 0 Å². The van der Waals surface area contributed by atoms with Crippen LogP contribution in [0, 0.1) is 0 Å². The Hall–Kier alpha value is -8.67. The predicted octanol–water partition coefficient (Wildman–Crippen LogP) is 15.3. The van der Waals surface area contributed by atoms with E-state index in [4.69, 9.17) is 15.0 Å². The van der Waals surface area contributed by atoms with Crippen LogP contribution in [0.4, 0.5) is 11.4 Å². The van der Waals surface area contributed by atoms with Crippen LogP contribution in [0.2, 0.25) is 0 Å². The van der Waals surface area contributed by atoms with E-state index in [0.717, 1.165) is 55.7 Å². The zero-order chi connectivity index (χ0) is 43.6. The lowest BCUT2D eigenvalue weighted by Gasteiger charge is -2.33.